The first-order valence-electron chi connectivity index (χ1n) is 6.17. The number of aryl methyl sites for hydroxylation is 3. The van der Waals surface area contributed by atoms with E-state index in [4.69, 9.17) is 11.1 Å². The van der Waals surface area contributed by atoms with Crippen molar-refractivity contribution in [2.75, 3.05) is 0 Å². The molecule has 0 amide bonds. The van der Waals surface area contributed by atoms with Gasteiger partial charge >= 0.3 is 0 Å². The maximum atomic E-state index is 7.45. The van der Waals surface area contributed by atoms with Gasteiger partial charge in [-0.2, -0.15) is 0 Å². The molecule has 3 N–H and O–H groups in total. The van der Waals surface area contributed by atoms with Crippen LogP contribution >= 0.6 is 11.8 Å². The largest absolute Gasteiger partial charge is 0.384 e. The molecule has 3 heteroatoms. The summed E-state index contributed by atoms with van der Waals surface area (Å²) < 4.78 is 0. The molecule has 2 aromatic rings. The number of rotatable bonds is 3. The predicted molar refractivity (Wildman–Crippen MR) is 82.2 cm³/mol. The summed E-state index contributed by atoms with van der Waals surface area (Å²) in [6, 6.07) is 12.4. The summed E-state index contributed by atoms with van der Waals surface area (Å²) in [6.07, 6.45) is 0. The van der Waals surface area contributed by atoms with Crippen molar-refractivity contribution in [1.29, 1.82) is 5.41 Å². The number of hydrogen-bond donors (Lipinski definition) is 2. The molecule has 98 valence electrons. The van der Waals surface area contributed by atoms with Crippen LogP contribution in [0.5, 0.6) is 0 Å². The second kappa shape index (κ2) is 5.49. The zero-order valence-corrected chi connectivity index (χ0v) is 12.3. The molecule has 0 fully saturated rings. The van der Waals surface area contributed by atoms with Crippen LogP contribution < -0.4 is 5.73 Å². The van der Waals surface area contributed by atoms with Crippen molar-refractivity contribution in [3.8, 4) is 0 Å². The van der Waals surface area contributed by atoms with E-state index in [0.29, 0.717) is 0 Å². The number of benzene rings is 2. The Labute approximate surface area is 118 Å². The average molecular weight is 270 g/mol. The number of hydrogen-bond acceptors (Lipinski definition) is 2. The lowest BCUT2D eigenvalue weighted by Crippen LogP contribution is -2.10. The SMILES string of the molecule is Cc1ccc(Sc2ccc(C(=N)N)cc2C)cc1C. The fraction of sp³-hybridized carbons (Fsp3) is 0.188. The van der Waals surface area contributed by atoms with Crippen molar-refractivity contribution in [2.45, 2.75) is 30.6 Å². The number of nitrogens with one attached hydrogen (secondary N) is 1. The van der Waals surface area contributed by atoms with Gasteiger partial charge in [-0.05, 0) is 61.7 Å². The van der Waals surface area contributed by atoms with E-state index in [0.717, 1.165) is 11.1 Å². The van der Waals surface area contributed by atoms with Crippen LogP contribution in [0.1, 0.15) is 22.3 Å². The van der Waals surface area contributed by atoms with Crippen molar-refractivity contribution >= 4 is 17.6 Å². The van der Waals surface area contributed by atoms with Crippen LogP contribution in [0.2, 0.25) is 0 Å². The number of amidine groups is 1. The Hall–Kier alpha value is -1.74. The molecule has 0 aromatic heterocycles. The molecule has 19 heavy (non-hydrogen) atoms. The van der Waals surface area contributed by atoms with Crippen LogP contribution in [0.25, 0.3) is 0 Å². The van der Waals surface area contributed by atoms with Crippen LogP contribution in [0.4, 0.5) is 0 Å². The fourth-order valence-corrected chi connectivity index (χ4v) is 2.82. The van der Waals surface area contributed by atoms with Gasteiger partial charge in [-0.15, -0.1) is 0 Å². The second-order valence-corrected chi connectivity index (χ2v) is 5.86. The standard InChI is InChI=1S/C16H18N2S/c1-10-4-6-14(9-11(10)2)19-15-7-5-13(16(17)18)8-12(15)3/h4-9H,1-3H3,(H3,17,18). The van der Waals surface area contributed by atoms with Crippen LogP contribution in [0.15, 0.2) is 46.2 Å². The lowest BCUT2D eigenvalue weighted by Gasteiger charge is -2.09. The number of nitrogen functional groups attached to an aromatic ring is 1. The fourth-order valence-electron chi connectivity index (χ4n) is 1.84. The van der Waals surface area contributed by atoms with Gasteiger partial charge in [-0.3, -0.25) is 5.41 Å². The summed E-state index contributed by atoms with van der Waals surface area (Å²) in [5.41, 5.74) is 10.0. The van der Waals surface area contributed by atoms with Gasteiger partial charge < -0.3 is 5.73 Å². The Balaban J connectivity index is 2.28. The maximum Gasteiger partial charge on any atom is 0.122 e. The highest BCUT2D eigenvalue weighted by Crippen LogP contribution is 2.31. The Bertz CT molecular complexity index is 633. The second-order valence-electron chi connectivity index (χ2n) is 4.74. The van der Waals surface area contributed by atoms with Crippen molar-refractivity contribution in [3.63, 3.8) is 0 Å². The molecular formula is C16H18N2S. The summed E-state index contributed by atoms with van der Waals surface area (Å²) >= 11 is 1.75. The lowest BCUT2D eigenvalue weighted by molar-refractivity contribution is 1.25. The van der Waals surface area contributed by atoms with E-state index in [9.17, 15) is 0 Å². The van der Waals surface area contributed by atoms with E-state index in [1.54, 1.807) is 11.8 Å². The third-order valence-corrected chi connectivity index (χ3v) is 4.36. The van der Waals surface area contributed by atoms with E-state index in [1.807, 2.05) is 18.2 Å². The monoisotopic (exact) mass is 270 g/mol. The highest BCUT2D eigenvalue weighted by molar-refractivity contribution is 7.99. The first-order valence-corrected chi connectivity index (χ1v) is 6.99. The van der Waals surface area contributed by atoms with Crippen molar-refractivity contribution in [2.24, 2.45) is 5.73 Å². The smallest absolute Gasteiger partial charge is 0.122 e. The summed E-state index contributed by atoms with van der Waals surface area (Å²) in [7, 11) is 0. The highest BCUT2D eigenvalue weighted by atomic mass is 32.2. The topological polar surface area (TPSA) is 49.9 Å². The van der Waals surface area contributed by atoms with Gasteiger partial charge in [-0.1, -0.05) is 23.9 Å². The molecule has 0 aliphatic heterocycles. The van der Waals surface area contributed by atoms with Gasteiger partial charge in [0.2, 0.25) is 0 Å². The van der Waals surface area contributed by atoms with E-state index in [-0.39, 0.29) is 5.84 Å². The van der Waals surface area contributed by atoms with Crippen molar-refractivity contribution in [1.82, 2.24) is 0 Å². The first kappa shape index (κ1) is 13.7. The third kappa shape index (κ3) is 3.18. The molecule has 2 aromatic carbocycles. The first-order chi connectivity index (χ1) is 8.97. The molecule has 0 bridgehead atoms. The maximum absolute atomic E-state index is 7.45. The summed E-state index contributed by atoms with van der Waals surface area (Å²) in [4.78, 5) is 2.44. The highest BCUT2D eigenvalue weighted by Gasteiger charge is 2.05. The van der Waals surface area contributed by atoms with E-state index in [1.165, 1.54) is 20.9 Å². The average Bonchev–Trinajstić information content (AvgIpc) is 2.36. The Kier molecular flexibility index (Phi) is 3.96. The molecule has 0 atom stereocenters. The molecule has 0 radical (unpaired) electrons. The zero-order valence-electron chi connectivity index (χ0n) is 11.4. The lowest BCUT2D eigenvalue weighted by atomic mass is 10.1. The third-order valence-electron chi connectivity index (χ3n) is 3.19. The summed E-state index contributed by atoms with van der Waals surface area (Å²) in [5.74, 6) is 0.117. The van der Waals surface area contributed by atoms with E-state index >= 15 is 0 Å². The molecule has 0 saturated carbocycles. The van der Waals surface area contributed by atoms with Gasteiger partial charge in [0.15, 0.2) is 0 Å². The van der Waals surface area contributed by atoms with Gasteiger partial charge in [0.25, 0.3) is 0 Å². The molecule has 0 aliphatic carbocycles. The molecule has 0 heterocycles. The van der Waals surface area contributed by atoms with Crippen molar-refractivity contribution < 1.29 is 0 Å². The Morgan fingerprint density at radius 1 is 0.947 bits per heavy atom. The molecular weight excluding hydrogens is 252 g/mol. The molecule has 0 unspecified atom stereocenters. The van der Waals surface area contributed by atoms with Gasteiger partial charge in [0.1, 0.15) is 5.84 Å². The number of nitrogens with two attached hydrogens (primary N) is 1. The van der Waals surface area contributed by atoms with Crippen LogP contribution in [0.3, 0.4) is 0 Å². The molecule has 2 nitrogen and oxygen atoms in total. The zero-order chi connectivity index (χ0) is 14.0. The predicted octanol–water partition coefficient (Wildman–Crippen LogP) is 4.05. The van der Waals surface area contributed by atoms with Crippen LogP contribution in [-0.2, 0) is 0 Å². The molecule has 0 saturated heterocycles. The molecule has 0 spiro atoms. The quantitative estimate of drug-likeness (QED) is 0.653. The van der Waals surface area contributed by atoms with E-state index < -0.39 is 0 Å². The van der Waals surface area contributed by atoms with Gasteiger partial charge in [-0.25, -0.2) is 0 Å². The molecule has 0 aliphatic rings. The summed E-state index contributed by atoms with van der Waals surface area (Å²) in [6.45, 7) is 6.30. The van der Waals surface area contributed by atoms with E-state index in [2.05, 4.69) is 39.0 Å². The van der Waals surface area contributed by atoms with Crippen molar-refractivity contribution in [3.05, 3.63) is 58.7 Å². The minimum Gasteiger partial charge on any atom is -0.384 e. The van der Waals surface area contributed by atoms with Crippen LogP contribution in [-0.4, -0.2) is 5.84 Å². The minimum absolute atomic E-state index is 0.117. The Morgan fingerprint density at radius 2 is 1.68 bits per heavy atom. The normalized spacial score (nSPS) is 10.5. The van der Waals surface area contributed by atoms with Gasteiger partial charge in [0.05, 0.1) is 0 Å². The summed E-state index contributed by atoms with van der Waals surface area (Å²) in [5, 5.41) is 7.45. The molecule has 2 rings (SSSR count). The minimum atomic E-state index is 0.117. The van der Waals surface area contributed by atoms with Gasteiger partial charge in [0, 0.05) is 15.4 Å². The van der Waals surface area contributed by atoms with Crippen LogP contribution in [0, 0.1) is 26.2 Å². The Morgan fingerprint density at radius 3 is 2.26 bits per heavy atom.